The monoisotopic (exact) mass is 347 g/mol. The number of anilines is 2. The first-order valence-electron chi connectivity index (χ1n) is 7.88. The van der Waals surface area contributed by atoms with E-state index in [2.05, 4.69) is 20.3 Å². The molecular weight excluding hydrogens is 333 g/mol. The van der Waals surface area contributed by atoms with Gasteiger partial charge in [0.15, 0.2) is 0 Å². The van der Waals surface area contributed by atoms with Crippen molar-refractivity contribution in [1.82, 2.24) is 15.0 Å². The van der Waals surface area contributed by atoms with Crippen LogP contribution in [0.25, 0.3) is 22.4 Å². The fourth-order valence-corrected chi connectivity index (χ4v) is 2.59. The summed E-state index contributed by atoms with van der Waals surface area (Å²) in [4.78, 5) is 24.0. The Bertz CT molecular complexity index is 1110. The molecule has 26 heavy (non-hydrogen) atoms. The first-order valence-corrected chi connectivity index (χ1v) is 7.88. The van der Waals surface area contributed by atoms with E-state index in [0.717, 1.165) is 0 Å². The van der Waals surface area contributed by atoms with Gasteiger partial charge in [0, 0.05) is 17.3 Å². The number of fused-ring (bicyclic) bond motifs is 1. The van der Waals surface area contributed by atoms with E-state index in [0.29, 0.717) is 33.8 Å². The molecule has 4 N–H and O–H groups in total. The number of carbonyl (C=O) groups is 1. The third kappa shape index (κ3) is 2.98. The van der Waals surface area contributed by atoms with Crippen LogP contribution < -0.4 is 11.1 Å². The Balaban J connectivity index is 1.65. The summed E-state index contributed by atoms with van der Waals surface area (Å²) in [6.07, 6.45) is 1.60. The molecule has 0 saturated heterocycles. The molecule has 0 radical (unpaired) electrons. The van der Waals surface area contributed by atoms with Crippen LogP contribution in [-0.4, -0.2) is 20.9 Å². The van der Waals surface area contributed by atoms with Gasteiger partial charge in [0.25, 0.3) is 5.91 Å². The van der Waals surface area contributed by atoms with E-state index in [9.17, 15) is 9.18 Å². The summed E-state index contributed by atoms with van der Waals surface area (Å²) in [5.74, 6) is 0.195. The number of amides is 1. The number of hydrogen-bond acceptors (Lipinski definition) is 4. The van der Waals surface area contributed by atoms with E-state index in [4.69, 9.17) is 5.73 Å². The number of nitrogens with zero attached hydrogens (tertiary/aromatic N) is 2. The summed E-state index contributed by atoms with van der Waals surface area (Å²) in [6, 6.07) is 14.9. The Morgan fingerprint density at radius 3 is 2.77 bits per heavy atom. The van der Waals surface area contributed by atoms with Crippen LogP contribution in [0, 0.1) is 5.82 Å². The third-order valence-corrected chi connectivity index (χ3v) is 3.92. The third-order valence-electron chi connectivity index (χ3n) is 3.92. The van der Waals surface area contributed by atoms with E-state index in [1.165, 1.54) is 12.1 Å². The quantitative estimate of drug-likeness (QED) is 0.493. The summed E-state index contributed by atoms with van der Waals surface area (Å²) in [7, 11) is 0. The van der Waals surface area contributed by atoms with Crippen LogP contribution in [0.4, 0.5) is 15.9 Å². The zero-order valence-electron chi connectivity index (χ0n) is 13.5. The van der Waals surface area contributed by atoms with Crippen molar-refractivity contribution >= 4 is 28.4 Å². The van der Waals surface area contributed by atoms with E-state index in [-0.39, 0.29) is 11.6 Å². The number of pyridine rings is 1. The number of halogens is 1. The first-order chi connectivity index (χ1) is 12.6. The summed E-state index contributed by atoms with van der Waals surface area (Å²) < 4.78 is 13.7. The van der Waals surface area contributed by atoms with Crippen molar-refractivity contribution in [3.05, 3.63) is 72.2 Å². The summed E-state index contributed by atoms with van der Waals surface area (Å²) in [5.41, 5.74) is 7.97. The van der Waals surface area contributed by atoms with Crippen molar-refractivity contribution < 1.29 is 9.18 Å². The number of aromatic amines is 1. The van der Waals surface area contributed by atoms with Crippen LogP contribution >= 0.6 is 0 Å². The Kier molecular flexibility index (Phi) is 3.81. The van der Waals surface area contributed by atoms with Gasteiger partial charge < -0.3 is 16.0 Å². The van der Waals surface area contributed by atoms with Gasteiger partial charge in [0.05, 0.1) is 16.7 Å². The number of rotatable bonds is 3. The van der Waals surface area contributed by atoms with Gasteiger partial charge in [-0.2, -0.15) is 0 Å². The Labute approximate surface area is 147 Å². The van der Waals surface area contributed by atoms with Crippen LogP contribution in [0.15, 0.2) is 60.8 Å². The SMILES string of the molecule is Nc1ccc(-c2nc3ccc(C(=O)Nc4ccccn4)cc3[nH]2)cc1F. The molecule has 4 aromatic rings. The highest BCUT2D eigenvalue weighted by Gasteiger charge is 2.11. The lowest BCUT2D eigenvalue weighted by Gasteiger charge is -2.03. The van der Waals surface area contributed by atoms with E-state index in [1.54, 1.807) is 48.7 Å². The minimum atomic E-state index is -0.501. The maximum absolute atomic E-state index is 13.7. The smallest absolute Gasteiger partial charge is 0.256 e. The van der Waals surface area contributed by atoms with Crippen molar-refractivity contribution in [2.45, 2.75) is 0 Å². The average Bonchev–Trinajstić information content (AvgIpc) is 3.08. The molecule has 0 saturated carbocycles. The van der Waals surface area contributed by atoms with Gasteiger partial charge in [0.2, 0.25) is 0 Å². The predicted octanol–water partition coefficient (Wildman–Crippen LogP) is 3.60. The van der Waals surface area contributed by atoms with Crippen LogP contribution in [0.1, 0.15) is 10.4 Å². The molecule has 0 aliphatic heterocycles. The lowest BCUT2D eigenvalue weighted by Crippen LogP contribution is -2.12. The fourth-order valence-electron chi connectivity index (χ4n) is 2.59. The predicted molar refractivity (Wildman–Crippen MR) is 98.1 cm³/mol. The molecule has 6 nitrogen and oxygen atoms in total. The molecule has 0 unspecified atom stereocenters. The lowest BCUT2D eigenvalue weighted by atomic mass is 10.2. The maximum Gasteiger partial charge on any atom is 0.256 e. The van der Waals surface area contributed by atoms with Crippen LogP contribution in [0.5, 0.6) is 0 Å². The molecule has 2 aromatic heterocycles. The number of carbonyl (C=O) groups excluding carboxylic acids is 1. The number of H-pyrrole nitrogens is 1. The van der Waals surface area contributed by atoms with Gasteiger partial charge in [-0.1, -0.05) is 6.07 Å². The van der Waals surface area contributed by atoms with Gasteiger partial charge in [-0.3, -0.25) is 4.79 Å². The van der Waals surface area contributed by atoms with Crippen molar-refractivity contribution in [3.63, 3.8) is 0 Å². The molecule has 0 aliphatic rings. The number of benzene rings is 2. The minimum Gasteiger partial charge on any atom is -0.396 e. The van der Waals surface area contributed by atoms with Gasteiger partial charge in [-0.05, 0) is 48.5 Å². The van der Waals surface area contributed by atoms with Gasteiger partial charge in [-0.15, -0.1) is 0 Å². The average molecular weight is 347 g/mol. The second-order valence-electron chi connectivity index (χ2n) is 5.72. The molecule has 0 fully saturated rings. The molecular formula is C19H14FN5O. The summed E-state index contributed by atoms with van der Waals surface area (Å²) in [6.45, 7) is 0. The zero-order valence-corrected chi connectivity index (χ0v) is 13.5. The lowest BCUT2D eigenvalue weighted by molar-refractivity contribution is 0.102. The molecule has 2 aromatic carbocycles. The Hall–Kier alpha value is -3.74. The molecule has 1 amide bonds. The molecule has 0 aliphatic carbocycles. The first kappa shape index (κ1) is 15.8. The van der Waals surface area contributed by atoms with E-state index >= 15 is 0 Å². The van der Waals surface area contributed by atoms with E-state index in [1.807, 2.05) is 0 Å². The number of nitrogens with two attached hydrogens (primary N) is 1. The molecule has 4 rings (SSSR count). The molecule has 0 spiro atoms. The van der Waals surface area contributed by atoms with Crippen LogP contribution in [-0.2, 0) is 0 Å². The summed E-state index contributed by atoms with van der Waals surface area (Å²) >= 11 is 0. The van der Waals surface area contributed by atoms with Crippen molar-refractivity contribution in [2.24, 2.45) is 0 Å². The highest BCUT2D eigenvalue weighted by Crippen LogP contribution is 2.24. The van der Waals surface area contributed by atoms with Gasteiger partial charge in [0.1, 0.15) is 17.5 Å². The second kappa shape index (κ2) is 6.29. The number of aromatic nitrogens is 3. The van der Waals surface area contributed by atoms with Crippen molar-refractivity contribution in [1.29, 1.82) is 0 Å². The molecule has 2 heterocycles. The zero-order chi connectivity index (χ0) is 18.1. The topological polar surface area (TPSA) is 96.7 Å². The largest absolute Gasteiger partial charge is 0.396 e. The number of hydrogen-bond donors (Lipinski definition) is 3. The van der Waals surface area contributed by atoms with Gasteiger partial charge >= 0.3 is 0 Å². The Morgan fingerprint density at radius 1 is 1.12 bits per heavy atom. The highest BCUT2D eigenvalue weighted by atomic mass is 19.1. The van der Waals surface area contributed by atoms with Crippen molar-refractivity contribution in [2.75, 3.05) is 11.1 Å². The number of nitrogens with one attached hydrogen (secondary N) is 2. The highest BCUT2D eigenvalue weighted by molar-refractivity contribution is 6.05. The normalized spacial score (nSPS) is 10.8. The molecule has 128 valence electrons. The second-order valence-corrected chi connectivity index (χ2v) is 5.72. The number of imidazole rings is 1. The number of nitrogen functional groups attached to an aromatic ring is 1. The molecule has 7 heteroatoms. The van der Waals surface area contributed by atoms with Crippen LogP contribution in [0.3, 0.4) is 0 Å². The maximum atomic E-state index is 13.7. The van der Waals surface area contributed by atoms with E-state index < -0.39 is 5.82 Å². The molecule has 0 atom stereocenters. The van der Waals surface area contributed by atoms with Crippen molar-refractivity contribution in [3.8, 4) is 11.4 Å². The van der Waals surface area contributed by atoms with Crippen LogP contribution in [0.2, 0.25) is 0 Å². The minimum absolute atomic E-state index is 0.0818. The molecule has 0 bridgehead atoms. The fraction of sp³-hybridized carbons (Fsp3) is 0. The standard InChI is InChI=1S/C19H14FN5O/c20-13-9-11(4-6-14(13)21)18-23-15-7-5-12(10-16(15)24-18)19(26)25-17-3-1-2-8-22-17/h1-10H,21H2,(H,23,24)(H,22,25,26). The summed E-state index contributed by atoms with van der Waals surface area (Å²) in [5, 5.41) is 2.73. The van der Waals surface area contributed by atoms with Gasteiger partial charge in [-0.25, -0.2) is 14.4 Å². The Morgan fingerprint density at radius 2 is 2.00 bits per heavy atom.